The van der Waals surface area contributed by atoms with Crippen molar-refractivity contribution in [3.8, 4) is 0 Å². The van der Waals surface area contributed by atoms with E-state index >= 15 is 0 Å². The molecular weight excluding hydrogens is 200 g/mol. The molecule has 2 aliphatic rings. The fourth-order valence-corrected chi connectivity index (χ4v) is 3.49. The lowest BCUT2D eigenvalue weighted by Crippen LogP contribution is -2.65. The zero-order valence-corrected chi connectivity index (χ0v) is 11.0. The van der Waals surface area contributed by atoms with Crippen LogP contribution in [0.5, 0.6) is 0 Å². The molecule has 1 heterocycles. The Kier molecular flexibility index (Phi) is 3.88. The molecule has 2 fully saturated rings. The third kappa shape index (κ3) is 2.27. The van der Waals surface area contributed by atoms with Gasteiger partial charge in [-0.15, -0.1) is 0 Å². The summed E-state index contributed by atoms with van der Waals surface area (Å²) in [6.45, 7) is 7.79. The van der Waals surface area contributed by atoms with Gasteiger partial charge >= 0.3 is 0 Å². The molecule has 1 aliphatic heterocycles. The van der Waals surface area contributed by atoms with Crippen molar-refractivity contribution in [1.82, 2.24) is 10.2 Å². The molecule has 94 valence electrons. The molecule has 0 amide bonds. The summed E-state index contributed by atoms with van der Waals surface area (Å²) >= 11 is 0. The molecule has 3 nitrogen and oxygen atoms in total. The second kappa shape index (κ2) is 5.03. The van der Waals surface area contributed by atoms with Gasteiger partial charge in [0.05, 0.1) is 6.61 Å². The average Bonchev–Trinajstić information content (AvgIpc) is 2.72. The molecule has 0 aromatic carbocycles. The number of rotatable bonds is 3. The summed E-state index contributed by atoms with van der Waals surface area (Å²) in [7, 11) is 1.81. The summed E-state index contributed by atoms with van der Waals surface area (Å²) in [5, 5.41) is 3.66. The van der Waals surface area contributed by atoms with E-state index in [0.717, 1.165) is 6.61 Å². The van der Waals surface area contributed by atoms with E-state index in [9.17, 15) is 0 Å². The maximum atomic E-state index is 5.33. The van der Waals surface area contributed by atoms with Gasteiger partial charge in [0.15, 0.2) is 0 Å². The SMILES string of the molecule is COCC(C)N1CC(C)NCC12CCCC2. The zero-order chi connectivity index (χ0) is 11.6. The van der Waals surface area contributed by atoms with Crippen LogP contribution in [0.1, 0.15) is 39.5 Å². The maximum absolute atomic E-state index is 5.33. The van der Waals surface area contributed by atoms with Gasteiger partial charge in [0, 0.05) is 37.8 Å². The van der Waals surface area contributed by atoms with Crippen molar-refractivity contribution in [2.45, 2.75) is 57.2 Å². The average molecular weight is 226 g/mol. The molecule has 1 saturated heterocycles. The lowest BCUT2D eigenvalue weighted by Gasteiger charge is -2.50. The standard InChI is InChI=1S/C13H26N2O/c1-11-8-15(12(2)9-16-3)13(10-14-11)6-4-5-7-13/h11-12,14H,4-10H2,1-3H3. The number of ether oxygens (including phenoxy) is 1. The van der Waals surface area contributed by atoms with Gasteiger partial charge in [0.25, 0.3) is 0 Å². The van der Waals surface area contributed by atoms with E-state index in [1.54, 1.807) is 0 Å². The predicted molar refractivity (Wildman–Crippen MR) is 66.7 cm³/mol. The number of nitrogens with zero attached hydrogens (tertiary/aromatic N) is 1. The van der Waals surface area contributed by atoms with Gasteiger partial charge in [-0.2, -0.15) is 0 Å². The normalized spacial score (nSPS) is 32.1. The van der Waals surface area contributed by atoms with E-state index in [1.165, 1.54) is 38.8 Å². The fourth-order valence-electron chi connectivity index (χ4n) is 3.49. The quantitative estimate of drug-likeness (QED) is 0.791. The van der Waals surface area contributed by atoms with Gasteiger partial charge in [-0.1, -0.05) is 12.8 Å². The molecule has 1 N–H and O–H groups in total. The summed E-state index contributed by atoms with van der Waals surface area (Å²) < 4.78 is 5.33. The number of hydrogen-bond donors (Lipinski definition) is 1. The summed E-state index contributed by atoms with van der Waals surface area (Å²) in [5.41, 5.74) is 0.435. The Balaban J connectivity index is 2.08. The van der Waals surface area contributed by atoms with Crippen LogP contribution in [0.4, 0.5) is 0 Å². The van der Waals surface area contributed by atoms with Crippen LogP contribution >= 0.6 is 0 Å². The van der Waals surface area contributed by atoms with Crippen LogP contribution in [0.25, 0.3) is 0 Å². The van der Waals surface area contributed by atoms with Crippen LogP contribution in [0, 0.1) is 0 Å². The summed E-state index contributed by atoms with van der Waals surface area (Å²) in [5.74, 6) is 0. The van der Waals surface area contributed by atoms with Gasteiger partial charge < -0.3 is 10.1 Å². The van der Waals surface area contributed by atoms with Crippen molar-refractivity contribution in [3.05, 3.63) is 0 Å². The minimum absolute atomic E-state index is 0.435. The first-order chi connectivity index (χ1) is 7.68. The van der Waals surface area contributed by atoms with Gasteiger partial charge in [0.1, 0.15) is 0 Å². The van der Waals surface area contributed by atoms with E-state index in [4.69, 9.17) is 4.74 Å². The molecule has 2 atom stereocenters. The maximum Gasteiger partial charge on any atom is 0.0615 e. The first-order valence-corrected chi connectivity index (χ1v) is 6.67. The first-order valence-electron chi connectivity index (χ1n) is 6.67. The molecule has 0 bridgehead atoms. The van der Waals surface area contributed by atoms with E-state index in [-0.39, 0.29) is 0 Å². The van der Waals surface area contributed by atoms with Crippen molar-refractivity contribution in [2.75, 3.05) is 26.8 Å². The molecule has 1 saturated carbocycles. The highest BCUT2D eigenvalue weighted by molar-refractivity contribution is 5.02. The van der Waals surface area contributed by atoms with Crippen molar-refractivity contribution >= 4 is 0 Å². The molecule has 0 radical (unpaired) electrons. The van der Waals surface area contributed by atoms with E-state index < -0.39 is 0 Å². The van der Waals surface area contributed by atoms with E-state index in [2.05, 4.69) is 24.1 Å². The third-order valence-corrected chi connectivity index (χ3v) is 4.33. The van der Waals surface area contributed by atoms with Crippen LogP contribution in [-0.2, 0) is 4.74 Å². The van der Waals surface area contributed by atoms with Crippen molar-refractivity contribution < 1.29 is 4.74 Å². The fraction of sp³-hybridized carbons (Fsp3) is 1.00. The molecular formula is C13H26N2O. The Labute approximate surface area is 99.5 Å². The molecule has 2 unspecified atom stereocenters. The lowest BCUT2D eigenvalue weighted by atomic mass is 9.89. The third-order valence-electron chi connectivity index (χ3n) is 4.33. The highest BCUT2D eigenvalue weighted by Crippen LogP contribution is 2.38. The van der Waals surface area contributed by atoms with Crippen molar-refractivity contribution in [2.24, 2.45) is 0 Å². The predicted octanol–water partition coefficient (Wildman–Crippen LogP) is 1.63. The van der Waals surface area contributed by atoms with Crippen LogP contribution in [0.3, 0.4) is 0 Å². The summed E-state index contributed by atoms with van der Waals surface area (Å²) in [6, 6.07) is 1.16. The molecule has 16 heavy (non-hydrogen) atoms. The van der Waals surface area contributed by atoms with Crippen LogP contribution in [-0.4, -0.2) is 49.3 Å². The molecule has 2 rings (SSSR count). The van der Waals surface area contributed by atoms with Crippen molar-refractivity contribution in [1.29, 1.82) is 0 Å². The van der Waals surface area contributed by atoms with Gasteiger partial charge in [0.2, 0.25) is 0 Å². The Morgan fingerprint density at radius 2 is 2.12 bits per heavy atom. The largest absolute Gasteiger partial charge is 0.383 e. The second-order valence-electron chi connectivity index (χ2n) is 5.67. The van der Waals surface area contributed by atoms with Crippen LogP contribution in [0.15, 0.2) is 0 Å². The molecule has 0 aromatic rings. The Morgan fingerprint density at radius 1 is 1.44 bits per heavy atom. The van der Waals surface area contributed by atoms with Gasteiger partial charge in [-0.3, -0.25) is 4.90 Å². The van der Waals surface area contributed by atoms with Crippen LogP contribution < -0.4 is 5.32 Å². The second-order valence-corrected chi connectivity index (χ2v) is 5.67. The van der Waals surface area contributed by atoms with E-state index in [0.29, 0.717) is 17.6 Å². The molecule has 1 aliphatic carbocycles. The minimum atomic E-state index is 0.435. The van der Waals surface area contributed by atoms with Crippen molar-refractivity contribution in [3.63, 3.8) is 0 Å². The van der Waals surface area contributed by atoms with Crippen LogP contribution in [0.2, 0.25) is 0 Å². The Morgan fingerprint density at radius 3 is 2.75 bits per heavy atom. The number of piperazine rings is 1. The Hall–Kier alpha value is -0.120. The highest BCUT2D eigenvalue weighted by atomic mass is 16.5. The number of methoxy groups -OCH3 is 1. The summed E-state index contributed by atoms with van der Waals surface area (Å²) in [4.78, 5) is 2.71. The lowest BCUT2D eigenvalue weighted by molar-refractivity contribution is -0.0134. The van der Waals surface area contributed by atoms with E-state index in [1.807, 2.05) is 7.11 Å². The number of nitrogens with one attached hydrogen (secondary N) is 1. The number of hydrogen-bond acceptors (Lipinski definition) is 3. The topological polar surface area (TPSA) is 24.5 Å². The minimum Gasteiger partial charge on any atom is -0.383 e. The first kappa shape index (κ1) is 12.3. The smallest absolute Gasteiger partial charge is 0.0615 e. The Bertz CT molecular complexity index is 226. The summed E-state index contributed by atoms with van der Waals surface area (Å²) in [6.07, 6.45) is 5.51. The highest BCUT2D eigenvalue weighted by Gasteiger charge is 2.44. The van der Waals surface area contributed by atoms with Gasteiger partial charge in [-0.05, 0) is 26.7 Å². The molecule has 0 aromatic heterocycles. The molecule has 1 spiro atoms. The molecule has 3 heteroatoms. The zero-order valence-electron chi connectivity index (χ0n) is 11.0. The van der Waals surface area contributed by atoms with Gasteiger partial charge in [-0.25, -0.2) is 0 Å². The monoisotopic (exact) mass is 226 g/mol.